The standard InChI is InChI=1S/C28H26O11/c1-10-7-15(29)19-22(17(10)25(34)36-5)39-28(24(19)33)23(32)11(2)8-16(30)27(28)9-14-12(3)18(26(35)37-6)20(31)13(4)21(14)38-27/h7-8,24,29,31,33H,9H2,1-6H3/t24-,27-,28+/m0/s1. The Hall–Kier alpha value is -4.38. The van der Waals surface area contributed by atoms with Crippen LogP contribution in [-0.4, -0.2) is 64.2 Å². The van der Waals surface area contributed by atoms with Gasteiger partial charge in [-0.2, -0.15) is 0 Å². The number of aromatic hydroxyl groups is 2. The molecule has 2 aromatic rings. The normalized spacial score (nSPS) is 24.7. The number of fused-ring (bicyclic) bond motifs is 3. The number of carbonyl (C=O) groups is 4. The summed E-state index contributed by atoms with van der Waals surface area (Å²) in [6, 6.07) is 1.22. The zero-order chi connectivity index (χ0) is 28.8. The van der Waals surface area contributed by atoms with Crippen molar-refractivity contribution in [3.63, 3.8) is 0 Å². The molecule has 39 heavy (non-hydrogen) atoms. The highest BCUT2D eigenvalue weighted by atomic mass is 16.6. The number of hydrogen-bond acceptors (Lipinski definition) is 11. The molecule has 0 amide bonds. The van der Waals surface area contributed by atoms with E-state index >= 15 is 0 Å². The number of aliphatic hydroxyl groups excluding tert-OH is 1. The van der Waals surface area contributed by atoms with Gasteiger partial charge in [0.1, 0.15) is 40.2 Å². The van der Waals surface area contributed by atoms with E-state index in [-0.39, 0.29) is 56.9 Å². The molecule has 3 N–H and O–H groups in total. The fraction of sp³-hybridized carbons (Fsp3) is 0.357. The fourth-order valence-electron chi connectivity index (χ4n) is 5.97. The predicted octanol–water partition coefficient (Wildman–Crippen LogP) is 2.23. The van der Waals surface area contributed by atoms with Crippen LogP contribution in [0.15, 0.2) is 17.7 Å². The molecule has 2 spiro atoms. The second-order valence-corrected chi connectivity index (χ2v) is 9.96. The summed E-state index contributed by atoms with van der Waals surface area (Å²) in [5, 5.41) is 33.4. The summed E-state index contributed by atoms with van der Waals surface area (Å²) < 4.78 is 22.1. The first kappa shape index (κ1) is 26.2. The topological polar surface area (TPSA) is 166 Å². The second-order valence-electron chi connectivity index (χ2n) is 9.96. The molecule has 2 aliphatic heterocycles. The molecule has 0 aromatic heterocycles. The van der Waals surface area contributed by atoms with Crippen molar-refractivity contribution >= 4 is 23.5 Å². The Morgan fingerprint density at radius 3 is 2.18 bits per heavy atom. The van der Waals surface area contributed by atoms with Crippen LogP contribution in [0.4, 0.5) is 0 Å². The van der Waals surface area contributed by atoms with E-state index in [9.17, 15) is 34.5 Å². The summed E-state index contributed by atoms with van der Waals surface area (Å²) in [6.45, 7) is 5.88. The van der Waals surface area contributed by atoms with Crippen LogP contribution in [0.1, 0.15) is 61.6 Å². The number of esters is 2. The summed E-state index contributed by atoms with van der Waals surface area (Å²) in [5.74, 6) is -4.37. The summed E-state index contributed by atoms with van der Waals surface area (Å²) in [4.78, 5) is 53.0. The zero-order valence-corrected chi connectivity index (χ0v) is 22.0. The van der Waals surface area contributed by atoms with E-state index in [0.717, 1.165) is 20.3 Å². The number of phenolic OH excluding ortho intramolecular Hbond substituents is 2. The summed E-state index contributed by atoms with van der Waals surface area (Å²) in [5.41, 5.74) is -4.38. The fourth-order valence-corrected chi connectivity index (χ4v) is 5.97. The van der Waals surface area contributed by atoms with Gasteiger partial charge in [0, 0.05) is 23.1 Å². The van der Waals surface area contributed by atoms with Crippen LogP contribution in [0.2, 0.25) is 0 Å². The maximum atomic E-state index is 14.0. The Kier molecular flexibility index (Phi) is 5.59. The van der Waals surface area contributed by atoms with Crippen LogP contribution in [0.25, 0.3) is 0 Å². The molecule has 11 nitrogen and oxygen atoms in total. The third kappa shape index (κ3) is 3.01. The van der Waals surface area contributed by atoms with Gasteiger partial charge in [-0.3, -0.25) is 9.59 Å². The molecule has 0 saturated carbocycles. The Bertz CT molecular complexity index is 1570. The van der Waals surface area contributed by atoms with E-state index in [1.165, 1.54) is 33.8 Å². The molecular formula is C28H26O11. The van der Waals surface area contributed by atoms with Crippen molar-refractivity contribution in [3.05, 3.63) is 56.7 Å². The first-order chi connectivity index (χ1) is 18.3. The van der Waals surface area contributed by atoms with Gasteiger partial charge in [-0.15, -0.1) is 0 Å². The Morgan fingerprint density at radius 2 is 1.56 bits per heavy atom. The van der Waals surface area contributed by atoms with Gasteiger partial charge >= 0.3 is 11.9 Å². The molecule has 2 heterocycles. The van der Waals surface area contributed by atoms with Gasteiger partial charge in [0.2, 0.25) is 22.8 Å². The van der Waals surface area contributed by atoms with E-state index in [4.69, 9.17) is 18.9 Å². The van der Waals surface area contributed by atoms with Crippen molar-refractivity contribution < 1.29 is 53.4 Å². The lowest BCUT2D eigenvalue weighted by atomic mass is 9.65. The SMILES string of the molecule is COC(=O)c1c(C)c2c(c(C)c1O)O[C@@]1(C2)C(=O)C=C(C)C(=O)[C@]12Oc1c(C(=O)OC)c(C)cc(O)c1[C@@H]2O. The zero-order valence-electron chi connectivity index (χ0n) is 22.0. The van der Waals surface area contributed by atoms with E-state index in [1.54, 1.807) is 0 Å². The van der Waals surface area contributed by atoms with Crippen LogP contribution in [0.5, 0.6) is 23.0 Å². The van der Waals surface area contributed by atoms with Crippen LogP contribution in [0, 0.1) is 20.8 Å². The van der Waals surface area contributed by atoms with Gasteiger partial charge in [0.15, 0.2) is 0 Å². The van der Waals surface area contributed by atoms with Crippen LogP contribution < -0.4 is 9.47 Å². The number of Topliss-reactive ketones (excluding diaryl/α,β-unsaturated/α-hetero) is 1. The van der Waals surface area contributed by atoms with Crippen molar-refractivity contribution in [2.75, 3.05) is 14.2 Å². The minimum Gasteiger partial charge on any atom is -0.507 e. The Morgan fingerprint density at radius 1 is 0.949 bits per heavy atom. The third-order valence-electron chi connectivity index (χ3n) is 7.97. The second kappa shape index (κ2) is 8.31. The number of ketones is 2. The van der Waals surface area contributed by atoms with Crippen molar-refractivity contribution in [1.29, 1.82) is 0 Å². The van der Waals surface area contributed by atoms with Gasteiger partial charge in [-0.1, -0.05) is 0 Å². The first-order valence-corrected chi connectivity index (χ1v) is 12.0. The number of hydrogen-bond donors (Lipinski definition) is 3. The number of phenols is 2. The van der Waals surface area contributed by atoms with E-state index in [0.29, 0.717) is 5.56 Å². The van der Waals surface area contributed by atoms with Gasteiger partial charge in [-0.05, 0) is 51.0 Å². The molecule has 3 atom stereocenters. The number of aliphatic hydroxyl groups is 1. The number of rotatable bonds is 2. The molecule has 11 heteroatoms. The van der Waals surface area contributed by atoms with Gasteiger partial charge in [0.25, 0.3) is 0 Å². The maximum Gasteiger partial charge on any atom is 0.341 e. The number of aryl methyl sites for hydroxylation is 1. The minimum absolute atomic E-state index is 0.0338. The highest BCUT2D eigenvalue weighted by molar-refractivity contribution is 6.19. The molecule has 1 aliphatic carbocycles. The van der Waals surface area contributed by atoms with Crippen LogP contribution >= 0.6 is 0 Å². The van der Waals surface area contributed by atoms with Crippen LogP contribution in [0.3, 0.4) is 0 Å². The highest BCUT2D eigenvalue weighted by Gasteiger charge is 2.75. The van der Waals surface area contributed by atoms with Crippen molar-refractivity contribution in [1.82, 2.24) is 0 Å². The monoisotopic (exact) mass is 538 g/mol. The lowest BCUT2D eigenvalue weighted by Gasteiger charge is -2.45. The average Bonchev–Trinajstić information content (AvgIpc) is 3.44. The van der Waals surface area contributed by atoms with Gasteiger partial charge in [-0.25, -0.2) is 9.59 Å². The molecule has 204 valence electrons. The maximum absolute atomic E-state index is 14.0. The van der Waals surface area contributed by atoms with E-state index in [2.05, 4.69) is 0 Å². The van der Waals surface area contributed by atoms with Crippen molar-refractivity contribution in [3.8, 4) is 23.0 Å². The number of ether oxygens (including phenoxy) is 4. The molecule has 0 unspecified atom stereocenters. The Balaban J connectivity index is 1.81. The summed E-state index contributed by atoms with van der Waals surface area (Å²) in [7, 11) is 2.29. The third-order valence-corrected chi connectivity index (χ3v) is 7.97. The van der Waals surface area contributed by atoms with Crippen molar-refractivity contribution in [2.24, 2.45) is 0 Å². The average molecular weight is 539 g/mol. The molecule has 0 radical (unpaired) electrons. The Labute approximate surface area is 222 Å². The van der Waals surface area contributed by atoms with E-state index < -0.39 is 52.3 Å². The predicted molar refractivity (Wildman–Crippen MR) is 132 cm³/mol. The number of carbonyl (C=O) groups excluding carboxylic acids is 4. The highest BCUT2D eigenvalue weighted by Crippen LogP contribution is 2.60. The minimum atomic E-state index is -2.47. The summed E-state index contributed by atoms with van der Waals surface area (Å²) >= 11 is 0. The van der Waals surface area contributed by atoms with Crippen molar-refractivity contribution in [2.45, 2.75) is 51.4 Å². The molecule has 3 aliphatic rings. The lowest BCUT2D eigenvalue weighted by molar-refractivity contribution is -0.179. The van der Waals surface area contributed by atoms with E-state index in [1.807, 2.05) is 0 Å². The lowest BCUT2D eigenvalue weighted by Crippen LogP contribution is -2.72. The summed E-state index contributed by atoms with van der Waals surface area (Å²) in [6.07, 6.45) is -1.22. The number of benzene rings is 2. The first-order valence-electron chi connectivity index (χ1n) is 12.0. The molecule has 0 fully saturated rings. The smallest absolute Gasteiger partial charge is 0.341 e. The van der Waals surface area contributed by atoms with Crippen LogP contribution in [-0.2, 0) is 25.5 Å². The quantitative estimate of drug-likeness (QED) is 0.480. The molecule has 5 rings (SSSR count). The number of methoxy groups -OCH3 is 2. The molecule has 2 aromatic carbocycles. The van der Waals surface area contributed by atoms with Gasteiger partial charge in [0.05, 0.1) is 19.8 Å². The van der Waals surface area contributed by atoms with Gasteiger partial charge < -0.3 is 34.3 Å². The molecular weight excluding hydrogens is 512 g/mol. The largest absolute Gasteiger partial charge is 0.507 e. The molecule has 0 bridgehead atoms. The molecule has 0 saturated heterocycles.